The van der Waals surface area contributed by atoms with Crippen LogP contribution in [0.1, 0.15) is 40.0 Å². The molecule has 3 rings (SSSR count). The molecule has 0 amide bonds. The minimum atomic E-state index is 0.0389. The van der Waals surface area contributed by atoms with E-state index < -0.39 is 0 Å². The Bertz CT molecular complexity index is 608. The predicted molar refractivity (Wildman–Crippen MR) is 102 cm³/mol. The number of anilines is 1. The van der Waals surface area contributed by atoms with Crippen LogP contribution in [0.15, 0.2) is 17.2 Å². The lowest BCUT2D eigenvalue weighted by Gasteiger charge is -2.41. The fourth-order valence-electron chi connectivity index (χ4n) is 4.23. The largest absolute Gasteiger partial charge is 0.352 e. The second kappa shape index (κ2) is 8.32. The molecule has 6 nitrogen and oxygen atoms in total. The van der Waals surface area contributed by atoms with Crippen molar-refractivity contribution in [1.29, 1.82) is 0 Å². The van der Waals surface area contributed by atoms with Gasteiger partial charge in [-0.25, -0.2) is 4.98 Å². The number of nitrogens with one attached hydrogen (secondary N) is 1. The van der Waals surface area contributed by atoms with Gasteiger partial charge in [-0.3, -0.25) is 4.79 Å². The number of aromatic nitrogens is 2. The minimum absolute atomic E-state index is 0.0389. The van der Waals surface area contributed by atoms with Crippen LogP contribution in [0.4, 0.5) is 5.82 Å². The molecule has 0 saturated carbocycles. The standard InChI is InChI=1S/C19H33N5O/c1-4-22-10-8-17(15(3)14-22)21-16-6-11-24(12-7-16)18-19(25)23(5-2)13-9-20-18/h9,13,15-17,21H,4-8,10-12,14H2,1-3H3/t15-,17-/m1/s1. The first-order valence-electron chi connectivity index (χ1n) is 9.91. The molecule has 25 heavy (non-hydrogen) atoms. The Kier molecular flexibility index (Phi) is 6.12. The lowest BCUT2D eigenvalue weighted by molar-refractivity contribution is 0.142. The monoisotopic (exact) mass is 347 g/mol. The number of piperidine rings is 2. The Labute approximate surface area is 151 Å². The summed E-state index contributed by atoms with van der Waals surface area (Å²) >= 11 is 0. The highest BCUT2D eigenvalue weighted by atomic mass is 16.1. The van der Waals surface area contributed by atoms with Crippen molar-refractivity contribution >= 4 is 5.82 Å². The van der Waals surface area contributed by atoms with E-state index in [-0.39, 0.29) is 5.56 Å². The summed E-state index contributed by atoms with van der Waals surface area (Å²) in [6, 6.07) is 1.19. The van der Waals surface area contributed by atoms with Gasteiger partial charge in [0.1, 0.15) is 0 Å². The molecule has 2 atom stereocenters. The molecule has 0 aliphatic carbocycles. The fourth-order valence-corrected chi connectivity index (χ4v) is 4.23. The second-order valence-corrected chi connectivity index (χ2v) is 7.54. The zero-order valence-electron chi connectivity index (χ0n) is 15.9. The quantitative estimate of drug-likeness (QED) is 0.876. The molecule has 6 heteroatoms. The van der Waals surface area contributed by atoms with Crippen LogP contribution in [0.2, 0.25) is 0 Å². The molecule has 3 heterocycles. The van der Waals surface area contributed by atoms with Crippen molar-refractivity contribution in [2.75, 3.05) is 37.6 Å². The molecule has 0 spiro atoms. The average Bonchev–Trinajstić information content (AvgIpc) is 2.64. The van der Waals surface area contributed by atoms with E-state index in [9.17, 15) is 4.79 Å². The summed E-state index contributed by atoms with van der Waals surface area (Å²) < 4.78 is 1.73. The molecule has 1 aromatic rings. The van der Waals surface area contributed by atoms with Gasteiger partial charge in [-0.15, -0.1) is 0 Å². The highest BCUT2D eigenvalue weighted by Gasteiger charge is 2.29. The van der Waals surface area contributed by atoms with Gasteiger partial charge in [0.05, 0.1) is 0 Å². The van der Waals surface area contributed by atoms with Crippen molar-refractivity contribution in [3.05, 3.63) is 22.7 Å². The number of rotatable bonds is 5. The van der Waals surface area contributed by atoms with Crippen LogP contribution in [-0.2, 0) is 6.54 Å². The molecule has 0 aromatic carbocycles. The maximum atomic E-state index is 12.4. The second-order valence-electron chi connectivity index (χ2n) is 7.54. The maximum Gasteiger partial charge on any atom is 0.293 e. The van der Waals surface area contributed by atoms with Gasteiger partial charge < -0.3 is 19.7 Å². The summed E-state index contributed by atoms with van der Waals surface area (Å²) in [7, 11) is 0. The molecule has 2 fully saturated rings. The molecular formula is C19H33N5O. The Balaban J connectivity index is 1.53. The molecule has 0 unspecified atom stereocenters. The lowest BCUT2D eigenvalue weighted by atomic mass is 9.92. The van der Waals surface area contributed by atoms with Crippen LogP contribution < -0.4 is 15.8 Å². The van der Waals surface area contributed by atoms with E-state index in [2.05, 4.69) is 33.9 Å². The zero-order chi connectivity index (χ0) is 17.8. The van der Waals surface area contributed by atoms with Gasteiger partial charge in [-0.2, -0.15) is 0 Å². The zero-order valence-corrected chi connectivity index (χ0v) is 15.9. The highest BCUT2D eigenvalue weighted by Crippen LogP contribution is 2.20. The average molecular weight is 348 g/mol. The summed E-state index contributed by atoms with van der Waals surface area (Å²) in [6.07, 6.45) is 6.93. The molecule has 1 aromatic heterocycles. The van der Waals surface area contributed by atoms with E-state index in [1.54, 1.807) is 17.0 Å². The third-order valence-corrected chi connectivity index (χ3v) is 5.92. The summed E-state index contributed by atoms with van der Waals surface area (Å²) in [6.45, 7) is 12.7. The molecule has 1 N–H and O–H groups in total. The smallest absolute Gasteiger partial charge is 0.293 e. The van der Waals surface area contributed by atoms with E-state index in [1.807, 2.05) is 6.92 Å². The first-order chi connectivity index (χ1) is 12.1. The van der Waals surface area contributed by atoms with Crippen LogP contribution >= 0.6 is 0 Å². The van der Waals surface area contributed by atoms with E-state index >= 15 is 0 Å². The molecule has 140 valence electrons. The van der Waals surface area contributed by atoms with E-state index in [0.717, 1.165) is 32.5 Å². The third kappa shape index (κ3) is 4.23. The Morgan fingerprint density at radius 2 is 1.92 bits per heavy atom. The number of hydrogen-bond acceptors (Lipinski definition) is 5. The van der Waals surface area contributed by atoms with Gasteiger partial charge in [-0.05, 0) is 45.2 Å². The fraction of sp³-hybridized carbons (Fsp3) is 0.789. The summed E-state index contributed by atoms with van der Waals surface area (Å²) in [5.74, 6) is 1.33. The Morgan fingerprint density at radius 3 is 2.56 bits per heavy atom. The van der Waals surface area contributed by atoms with Crippen molar-refractivity contribution in [3.63, 3.8) is 0 Å². The number of nitrogens with zero attached hydrogens (tertiary/aromatic N) is 4. The highest BCUT2D eigenvalue weighted by molar-refractivity contribution is 5.36. The van der Waals surface area contributed by atoms with Crippen molar-refractivity contribution in [2.45, 2.75) is 58.7 Å². The van der Waals surface area contributed by atoms with Gasteiger partial charge in [0.2, 0.25) is 0 Å². The van der Waals surface area contributed by atoms with Crippen LogP contribution in [0.5, 0.6) is 0 Å². The Hall–Kier alpha value is -1.40. The number of hydrogen-bond donors (Lipinski definition) is 1. The predicted octanol–water partition coefficient (Wildman–Crippen LogP) is 1.55. The number of aryl methyl sites for hydroxylation is 1. The van der Waals surface area contributed by atoms with Gasteiger partial charge >= 0.3 is 0 Å². The number of likely N-dealkylation sites (tertiary alicyclic amines) is 1. The molecule has 2 saturated heterocycles. The first kappa shape index (κ1) is 18.4. The van der Waals surface area contributed by atoms with Gasteiger partial charge in [0.15, 0.2) is 5.82 Å². The van der Waals surface area contributed by atoms with Gasteiger partial charge in [0, 0.05) is 50.7 Å². The molecule has 2 aliphatic heterocycles. The maximum absolute atomic E-state index is 12.4. The SMILES string of the molecule is CCN1CC[C@@H](NC2CCN(c3nccn(CC)c3=O)CC2)[C@H](C)C1. The van der Waals surface area contributed by atoms with Crippen LogP contribution in [0, 0.1) is 5.92 Å². The van der Waals surface area contributed by atoms with E-state index in [4.69, 9.17) is 0 Å². The van der Waals surface area contributed by atoms with Crippen molar-refractivity contribution in [2.24, 2.45) is 5.92 Å². The minimum Gasteiger partial charge on any atom is -0.352 e. The lowest BCUT2D eigenvalue weighted by Crippen LogP contribution is -2.53. The molecule has 0 bridgehead atoms. The molecule has 2 aliphatic rings. The van der Waals surface area contributed by atoms with Crippen molar-refractivity contribution in [3.8, 4) is 0 Å². The van der Waals surface area contributed by atoms with Gasteiger partial charge in [-0.1, -0.05) is 13.8 Å². The Morgan fingerprint density at radius 1 is 1.16 bits per heavy atom. The normalized spacial score (nSPS) is 26.1. The van der Waals surface area contributed by atoms with Crippen molar-refractivity contribution < 1.29 is 0 Å². The summed E-state index contributed by atoms with van der Waals surface area (Å²) in [4.78, 5) is 21.5. The summed E-state index contributed by atoms with van der Waals surface area (Å²) in [5, 5.41) is 3.90. The third-order valence-electron chi connectivity index (χ3n) is 5.92. The van der Waals surface area contributed by atoms with Crippen molar-refractivity contribution in [1.82, 2.24) is 19.8 Å². The van der Waals surface area contributed by atoms with Crippen LogP contribution in [0.3, 0.4) is 0 Å². The first-order valence-corrected chi connectivity index (χ1v) is 9.91. The topological polar surface area (TPSA) is 53.4 Å². The van der Waals surface area contributed by atoms with E-state index in [0.29, 0.717) is 30.4 Å². The molecular weight excluding hydrogens is 314 g/mol. The summed E-state index contributed by atoms with van der Waals surface area (Å²) in [5.41, 5.74) is 0.0389. The van der Waals surface area contributed by atoms with Crippen LogP contribution in [-0.4, -0.2) is 59.3 Å². The van der Waals surface area contributed by atoms with Crippen LogP contribution in [0.25, 0.3) is 0 Å². The van der Waals surface area contributed by atoms with E-state index in [1.165, 1.54) is 19.5 Å². The van der Waals surface area contributed by atoms with Gasteiger partial charge in [0.25, 0.3) is 5.56 Å². The molecule has 0 radical (unpaired) electrons.